The summed E-state index contributed by atoms with van der Waals surface area (Å²) in [6.45, 7) is -0.655. The summed E-state index contributed by atoms with van der Waals surface area (Å²) < 4.78 is 6.45. The van der Waals surface area contributed by atoms with E-state index >= 15 is 0 Å². The van der Waals surface area contributed by atoms with Crippen molar-refractivity contribution >= 4 is 0 Å². The molecule has 1 aromatic rings. The van der Waals surface area contributed by atoms with Crippen LogP contribution in [0.2, 0.25) is 0 Å². The van der Waals surface area contributed by atoms with Crippen molar-refractivity contribution in [2.24, 2.45) is 5.92 Å². The van der Waals surface area contributed by atoms with Gasteiger partial charge in [0.1, 0.15) is 6.10 Å². The van der Waals surface area contributed by atoms with Gasteiger partial charge in [-0.2, -0.15) is 0 Å². The lowest BCUT2D eigenvalue weighted by Gasteiger charge is -2.23. The molecule has 0 bridgehead atoms. The second-order valence-electron chi connectivity index (χ2n) is 4.36. The molecule has 20 heavy (non-hydrogen) atoms. The van der Waals surface area contributed by atoms with Crippen molar-refractivity contribution in [3.63, 3.8) is 0 Å². The summed E-state index contributed by atoms with van der Waals surface area (Å²) in [6, 6.07) is 1.11. The summed E-state index contributed by atoms with van der Waals surface area (Å²) in [5.74, 6) is 3.52. The molecule has 0 spiro atoms. The first-order chi connectivity index (χ1) is 9.49. The van der Waals surface area contributed by atoms with E-state index in [1.807, 2.05) is 4.98 Å². The molecule has 0 aliphatic carbocycles. The largest absolute Gasteiger partial charge is 0.392 e. The fourth-order valence-corrected chi connectivity index (χ4v) is 2.13. The number of terminal acetylenes is 2. The molecule has 0 amide bonds. The topological polar surface area (TPSA) is 105 Å². The Labute approximate surface area is 113 Å². The van der Waals surface area contributed by atoms with Gasteiger partial charge in [0.25, 0.3) is 5.56 Å². The Morgan fingerprint density at radius 2 is 2.20 bits per heavy atom. The fraction of sp³-hybridized carbons (Fsp3) is 0.385. The van der Waals surface area contributed by atoms with E-state index < -0.39 is 41.7 Å². The van der Waals surface area contributed by atoms with Gasteiger partial charge in [-0.15, -0.1) is 12.8 Å². The van der Waals surface area contributed by atoms with E-state index in [2.05, 4.69) is 11.8 Å². The van der Waals surface area contributed by atoms with Crippen molar-refractivity contribution in [1.29, 1.82) is 0 Å². The molecule has 4 atom stereocenters. The zero-order valence-corrected chi connectivity index (χ0v) is 10.3. The monoisotopic (exact) mass is 276 g/mol. The summed E-state index contributed by atoms with van der Waals surface area (Å²) in [5.41, 5.74) is -3.01. The molecule has 7 heteroatoms. The number of H-pyrrole nitrogens is 1. The number of nitrogens with one attached hydrogen (secondary N) is 1. The molecule has 0 saturated carbocycles. The van der Waals surface area contributed by atoms with Crippen LogP contribution in [-0.2, 0) is 4.74 Å². The molecular weight excluding hydrogens is 264 g/mol. The fourth-order valence-electron chi connectivity index (χ4n) is 2.13. The lowest BCUT2D eigenvalue weighted by molar-refractivity contribution is -0.0916. The molecule has 2 rings (SSSR count). The van der Waals surface area contributed by atoms with Gasteiger partial charge >= 0.3 is 5.69 Å². The third-order valence-electron chi connectivity index (χ3n) is 3.25. The summed E-state index contributed by atoms with van der Waals surface area (Å²) >= 11 is 0. The van der Waals surface area contributed by atoms with E-state index in [1.54, 1.807) is 0 Å². The number of hydrogen-bond donors (Lipinski definition) is 3. The molecule has 0 unspecified atom stereocenters. The van der Waals surface area contributed by atoms with E-state index in [1.165, 1.54) is 6.20 Å². The van der Waals surface area contributed by atoms with E-state index in [9.17, 15) is 19.8 Å². The Morgan fingerprint density at radius 3 is 2.70 bits per heavy atom. The van der Waals surface area contributed by atoms with E-state index in [0.717, 1.165) is 10.6 Å². The first kappa shape index (κ1) is 14.1. The summed E-state index contributed by atoms with van der Waals surface area (Å²) in [6.07, 6.45) is 9.38. The predicted octanol–water partition coefficient (Wildman–Crippen LogP) is -1.96. The molecule has 2 heterocycles. The third kappa shape index (κ3) is 1.95. The Bertz CT molecular complexity index is 707. The quantitative estimate of drug-likeness (QED) is 0.544. The van der Waals surface area contributed by atoms with Crippen molar-refractivity contribution in [2.45, 2.75) is 17.9 Å². The molecule has 1 saturated heterocycles. The summed E-state index contributed by atoms with van der Waals surface area (Å²) in [5, 5.41) is 19.5. The first-order valence-corrected chi connectivity index (χ1v) is 5.71. The number of aliphatic hydroxyl groups excluding tert-OH is 2. The number of nitrogens with zero attached hydrogens (tertiary/aromatic N) is 1. The zero-order chi connectivity index (χ0) is 14.9. The highest BCUT2D eigenvalue weighted by atomic mass is 16.6. The molecule has 3 N–H and O–H groups in total. The molecule has 1 aliphatic rings. The molecule has 1 aromatic heterocycles. The second kappa shape index (κ2) is 4.99. The maximum atomic E-state index is 11.7. The Kier molecular flexibility index (Phi) is 3.51. The van der Waals surface area contributed by atoms with Crippen molar-refractivity contribution in [1.82, 2.24) is 9.55 Å². The van der Waals surface area contributed by atoms with Gasteiger partial charge in [-0.3, -0.25) is 14.3 Å². The molecule has 104 valence electrons. The van der Waals surface area contributed by atoms with Gasteiger partial charge < -0.3 is 14.9 Å². The first-order valence-electron chi connectivity index (χ1n) is 5.71. The maximum absolute atomic E-state index is 11.7. The van der Waals surface area contributed by atoms with Crippen LogP contribution in [0.1, 0.15) is 6.23 Å². The molecule has 1 fully saturated rings. The lowest BCUT2D eigenvalue weighted by atomic mass is 9.91. The van der Waals surface area contributed by atoms with Crippen molar-refractivity contribution in [3.8, 4) is 24.7 Å². The molecule has 7 nitrogen and oxygen atoms in total. The Hall–Kier alpha value is -2.32. The minimum Gasteiger partial charge on any atom is -0.392 e. The van der Waals surface area contributed by atoms with Crippen LogP contribution in [0.25, 0.3) is 0 Å². The van der Waals surface area contributed by atoms with Crippen LogP contribution in [0.5, 0.6) is 0 Å². The van der Waals surface area contributed by atoms with Crippen LogP contribution in [0.3, 0.4) is 0 Å². The molecule has 0 radical (unpaired) electrons. The van der Waals surface area contributed by atoms with Crippen LogP contribution in [0.15, 0.2) is 21.9 Å². The highest BCUT2D eigenvalue weighted by molar-refractivity contribution is 5.22. The van der Waals surface area contributed by atoms with Crippen LogP contribution < -0.4 is 11.2 Å². The zero-order valence-electron chi connectivity index (χ0n) is 10.3. The van der Waals surface area contributed by atoms with E-state index in [-0.39, 0.29) is 0 Å². The van der Waals surface area contributed by atoms with Gasteiger partial charge in [0.05, 0.1) is 12.5 Å². The number of ether oxygens (including phenoxy) is 1. The van der Waals surface area contributed by atoms with Crippen LogP contribution in [0.4, 0.5) is 0 Å². The minimum atomic E-state index is -1.68. The van der Waals surface area contributed by atoms with Gasteiger partial charge in [0.2, 0.25) is 0 Å². The van der Waals surface area contributed by atoms with Crippen molar-refractivity contribution in [3.05, 3.63) is 33.1 Å². The Balaban J connectivity index is 2.53. The van der Waals surface area contributed by atoms with Gasteiger partial charge in [0, 0.05) is 12.3 Å². The average Bonchev–Trinajstić information content (AvgIpc) is 2.71. The third-order valence-corrected chi connectivity index (χ3v) is 3.25. The van der Waals surface area contributed by atoms with Gasteiger partial charge in [0.15, 0.2) is 11.8 Å². The second-order valence-corrected chi connectivity index (χ2v) is 4.36. The van der Waals surface area contributed by atoms with Crippen LogP contribution in [0, 0.1) is 30.6 Å². The summed E-state index contributed by atoms with van der Waals surface area (Å²) in [4.78, 5) is 24.8. The number of aromatic nitrogens is 2. The maximum Gasteiger partial charge on any atom is 0.330 e. The highest BCUT2D eigenvalue weighted by Crippen LogP contribution is 2.40. The smallest absolute Gasteiger partial charge is 0.330 e. The van der Waals surface area contributed by atoms with Crippen LogP contribution >= 0.6 is 0 Å². The van der Waals surface area contributed by atoms with Crippen molar-refractivity contribution in [2.75, 3.05) is 6.61 Å². The SMILES string of the molecule is C#C[C@H]1[C@H](n2ccc(=O)[nH]c2=O)O[C@](C#C)(CO)[C@H]1O. The molecule has 0 aromatic carbocycles. The number of aliphatic hydroxyl groups is 2. The van der Waals surface area contributed by atoms with E-state index in [4.69, 9.17) is 17.6 Å². The summed E-state index contributed by atoms with van der Waals surface area (Å²) in [7, 11) is 0. The Morgan fingerprint density at radius 1 is 1.50 bits per heavy atom. The average molecular weight is 276 g/mol. The predicted molar refractivity (Wildman–Crippen MR) is 68.4 cm³/mol. The standard InChI is InChI=1S/C13H12N2O5/c1-3-8-10(18)13(4-2,7-16)20-11(8)15-6-5-9(17)14-12(15)19/h1-2,5-6,8,10-11,16,18H,7H2,(H,14,17,19)/t8-,10+,11-,13-/m1/s1. The van der Waals surface area contributed by atoms with E-state index in [0.29, 0.717) is 0 Å². The number of hydrogen-bond acceptors (Lipinski definition) is 5. The number of aromatic amines is 1. The lowest BCUT2D eigenvalue weighted by Crippen LogP contribution is -2.43. The van der Waals surface area contributed by atoms with Gasteiger partial charge in [-0.25, -0.2) is 4.79 Å². The van der Waals surface area contributed by atoms with Gasteiger partial charge in [-0.05, 0) is 0 Å². The molecule has 1 aliphatic heterocycles. The number of rotatable bonds is 2. The van der Waals surface area contributed by atoms with Crippen LogP contribution in [-0.4, -0.2) is 38.1 Å². The minimum absolute atomic E-state index is 0.576. The van der Waals surface area contributed by atoms with Crippen molar-refractivity contribution < 1.29 is 14.9 Å². The normalized spacial score (nSPS) is 32.5. The highest BCUT2D eigenvalue weighted by Gasteiger charge is 2.54. The van der Waals surface area contributed by atoms with Gasteiger partial charge in [-0.1, -0.05) is 11.8 Å². The molecular formula is C13H12N2O5.